The van der Waals surface area contributed by atoms with Crippen molar-refractivity contribution in [1.82, 2.24) is 0 Å². The van der Waals surface area contributed by atoms with E-state index in [9.17, 15) is 14.6 Å². The van der Waals surface area contributed by atoms with Gasteiger partial charge >= 0.3 is 0 Å². The Morgan fingerprint density at radius 1 is 0.643 bits per heavy atom. The molecule has 0 amide bonds. The number of hydrogen-bond acceptors (Lipinski definition) is 3. The highest BCUT2D eigenvalue weighted by Crippen LogP contribution is 2.37. The summed E-state index contributed by atoms with van der Waals surface area (Å²) in [7, 11) is 0. The SMILES string of the molecule is CCCCCCCCCCCCCCCCCCSc1ccc(F)c(O)c1O. The predicted molar refractivity (Wildman–Crippen MR) is 120 cm³/mol. The molecule has 0 saturated heterocycles. The Morgan fingerprint density at radius 3 is 1.54 bits per heavy atom. The fourth-order valence-corrected chi connectivity index (χ4v) is 4.45. The lowest BCUT2D eigenvalue weighted by Crippen LogP contribution is -1.86. The van der Waals surface area contributed by atoms with Crippen LogP contribution < -0.4 is 0 Å². The molecular weight excluding hydrogens is 371 g/mol. The van der Waals surface area contributed by atoms with Gasteiger partial charge in [0, 0.05) is 0 Å². The lowest BCUT2D eigenvalue weighted by Gasteiger charge is -2.06. The molecule has 162 valence electrons. The maximum atomic E-state index is 13.1. The number of halogens is 1. The van der Waals surface area contributed by atoms with Crippen LogP contribution in [-0.2, 0) is 0 Å². The highest BCUT2D eigenvalue weighted by molar-refractivity contribution is 7.99. The van der Waals surface area contributed by atoms with E-state index in [1.54, 1.807) is 0 Å². The number of rotatable bonds is 18. The second-order valence-corrected chi connectivity index (χ2v) is 9.03. The topological polar surface area (TPSA) is 40.5 Å². The Hall–Kier alpha value is -0.900. The van der Waals surface area contributed by atoms with Crippen molar-refractivity contribution >= 4 is 11.8 Å². The molecule has 1 rings (SSSR count). The summed E-state index contributed by atoms with van der Waals surface area (Å²) in [4.78, 5) is 0.555. The summed E-state index contributed by atoms with van der Waals surface area (Å²) in [6.45, 7) is 2.27. The van der Waals surface area contributed by atoms with Crippen molar-refractivity contribution in [3.8, 4) is 11.5 Å². The molecule has 0 aliphatic rings. The van der Waals surface area contributed by atoms with E-state index in [0.29, 0.717) is 4.90 Å². The van der Waals surface area contributed by atoms with Gasteiger partial charge in [0.1, 0.15) is 0 Å². The average molecular weight is 413 g/mol. The average Bonchev–Trinajstić information content (AvgIpc) is 2.70. The molecule has 4 heteroatoms. The van der Waals surface area contributed by atoms with E-state index >= 15 is 0 Å². The number of aromatic hydroxyl groups is 2. The number of benzene rings is 1. The predicted octanol–water partition coefficient (Wildman–Crippen LogP) is 8.59. The Bertz CT molecular complexity index is 508. The summed E-state index contributed by atoms with van der Waals surface area (Å²) >= 11 is 1.48. The van der Waals surface area contributed by atoms with Gasteiger partial charge in [-0.25, -0.2) is 4.39 Å². The molecule has 1 aromatic carbocycles. The van der Waals surface area contributed by atoms with Crippen LogP contribution in [0.1, 0.15) is 110 Å². The molecule has 2 N–H and O–H groups in total. The zero-order valence-electron chi connectivity index (χ0n) is 17.9. The molecule has 0 spiro atoms. The first-order valence-electron chi connectivity index (χ1n) is 11.5. The molecule has 0 aromatic heterocycles. The molecule has 0 bridgehead atoms. The summed E-state index contributed by atoms with van der Waals surface area (Å²) in [5, 5.41) is 19.1. The third-order valence-electron chi connectivity index (χ3n) is 5.32. The molecule has 0 aliphatic heterocycles. The molecule has 0 atom stereocenters. The van der Waals surface area contributed by atoms with E-state index in [2.05, 4.69) is 6.92 Å². The number of phenols is 2. The Labute approximate surface area is 176 Å². The van der Waals surface area contributed by atoms with E-state index in [-0.39, 0.29) is 5.75 Å². The third-order valence-corrected chi connectivity index (χ3v) is 6.45. The molecule has 28 heavy (non-hydrogen) atoms. The van der Waals surface area contributed by atoms with Crippen molar-refractivity contribution in [2.45, 2.75) is 115 Å². The van der Waals surface area contributed by atoms with Gasteiger partial charge in [-0.3, -0.25) is 0 Å². The maximum absolute atomic E-state index is 13.1. The highest BCUT2D eigenvalue weighted by atomic mass is 32.2. The molecule has 0 fully saturated rings. The van der Waals surface area contributed by atoms with Gasteiger partial charge in [0.25, 0.3) is 0 Å². The van der Waals surface area contributed by atoms with Crippen LogP contribution in [0.3, 0.4) is 0 Å². The van der Waals surface area contributed by atoms with Crippen molar-refractivity contribution < 1.29 is 14.6 Å². The molecule has 2 nitrogen and oxygen atoms in total. The van der Waals surface area contributed by atoms with Crippen molar-refractivity contribution in [2.75, 3.05) is 5.75 Å². The minimum Gasteiger partial charge on any atom is -0.503 e. The molecule has 0 aliphatic carbocycles. The minimum absolute atomic E-state index is 0.332. The van der Waals surface area contributed by atoms with E-state index in [1.165, 1.54) is 120 Å². The van der Waals surface area contributed by atoms with Crippen molar-refractivity contribution in [2.24, 2.45) is 0 Å². The lowest BCUT2D eigenvalue weighted by atomic mass is 10.0. The van der Waals surface area contributed by atoms with Gasteiger partial charge in [0.15, 0.2) is 17.3 Å². The van der Waals surface area contributed by atoms with Gasteiger partial charge in [-0.15, -0.1) is 11.8 Å². The number of thioether (sulfide) groups is 1. The normalized spacial score (nSPS) is 11.2. The van der Waals surface area contributed by atoms with Gasteiger partial charge < -0.3 is 10.2 Å². The molecule has 0 radical (unpaired) electrons. The van der Waals surface area contributed by atoms with Crippen LogP contribution in [-0.4, -0.2) is 16.0 Å². The molecule has 0 unspecified atom stereocenters. The Balaban J connectivity index is 1.83. The molecule has 0 heterocycles. The zero-order valence-corrected chi connectivity index (χ0v) is 18.7. The number of hydrogen-bond donors (Lipinski definition) is 2. The fraction of sp³-hybridized carbons (Fsp3) is 0.750. The minimum atomic E-state index is -0.774. The fourth-order valence-electron chi connectivity index (χ4n) is 3.49. The van der Waals surface area contributed by atoms with Crippen LogP contribution in [0, 0.1) is 5.82 Å². The van der Waals surface area contributed by atoms with Crippen molar-refractivity contribution in [3.05, 3.63) is 17.9 Å². The monoisotopic (exact) mass is 412 g/mol. The van der Waals surface area contributed by atoms with Crippen LogP contribution in [0.15, 0.2) is 17.0 Å². The van der Waals surface area contributed by atoms with Gasteiger partial charge in [-0.1, -0.05) is 103 Å². The van der Waals surface area contributed by atoms with Gasteiger partial charge in [-0.05, 0) is 24.3 Å². The zero-order chi connectivity index (χ0) is 20.5. The molecular formula is C24H41FO2S. The first-order valence-corrected chi connectivity index (χ1v) is 12.5. The Kier molecular flexibility index (Phi) is 15.3. The highest BCUT2D eigenvalue weighted by Gasteiger charge is 2.11. The summed E-state index contributed by atoms with van der Waals surface area (Å²) in [5.41, 5.74) is 0. The standard InChI is InChI=1S/C24H41FO2S/c1-2-3-4-5-6-7-8-9-10-11-12-13-14-15-16-17-20-28-22-19-18-21(25)23(26)24(22)27/h18-19,26-27H,2-17,20H2,1H3. The third kappa shape index (κ3) is 11.8. The van der Waals surface area contributed by atoms with Gasteiger partial charge in [0.2, 0.25) is 0 Å². The van der Waals surface area contributed by atoms with Crippen LogP contribution in [0.5, 0.6) is 11.5 Å². The second-order valence-electron chi connectivity index (χ2n) is 7.89. The summed E-state index contributed by atoms with van der Waals surface area (Å²) < 4.78 is 13.1. The van der Waals surface area contributed by atoms with Crippen molar-refractivity contribution in [1.29, 1.82) is 0 Å². The molecule has 1 aromatic rings. The van der Waals surface area contributed by atoms with Crippen LogP contribution >= 0.6 is 11.8 Å². The first kappa shape index (κ1) is 25.1. The van der Waals surface area contributed by atoms with Crippen LogP contribution in [0.25, 0.3) is 0 Å². The van der Waals surface area contributed by atoms with Crippen LogP contribution in [0.2, 0.25) is 0 Å². The summed E-state index contributed by atoms with van der Waals surface area (Å²) in [6, 6.07) is 2.73. The van der Waals surface area contributed by atoms with E-state index < -0.39 is 11.6 Å². The van der Waals surface area contributed by atoms with Gasteiger partial charge in [0.05, 0.1) is 4.90 Å². The van der Waals surface area contributed by atoms with E-state index in [4.69, 9.17) is 0 Å². The Morgan fingerprint density at radius 2 is 1.07 bits per heavy atom. The maximum Gasteiger partial charge on any atom is 0.195 e. The van der Waals surface area contributed by atoms with E-state index in [1.807, 2.05) is 0 Å². The molecule has 0 saturated carbocycles. The number of unbranched alkanes of at least 4 members (excludes halogenated alkanes) is 15. The summed E-state index contributed by atoms with van der Waals surface area (Å²) in [5.74, 6) is -0.861. The largest absolute Gasteiger partial charge is 0.503 e. The summed E-state index contributed by atoms with van der Waals surface area (Å²) in [6.07, 6.45) is 21.6. The van der Waals surface area contributed by atoms with E-state index in [0.717, 1.165) is 12.2 Å². The smallest absolute Gasteiger partial charge is 0.195 e. The first-order chi connectivity index (χ1) is 13.7. The lowest BCUT2D eigenvalue weighted by molar-refractivity contribution is 0.371. The van der Waals surface area contributed by atoms with Crippen LogP contribution in [0.4, 0.5) is 4.39 Å². The van der Waals surface area contributed by atoms with Crippen molar-refractivity contribution in [3.63, 3.8) is 0 Å². The quantitative estimate of drug-likeness (QED) is 0.144. The second kappa shape index (κ2) is 17.0. The van der Waals surface area contributed by atoms with Gasteiger partial charge in [-0.2, -0.15) is 0 Å². The number of phenolic OH excluding ortho intramolecular Hbond substituents is 2.